The van der Waals surface area contributed by atoms with Crippen LogP contribution in [-0.2, 0) is 4.79 Å². The molecule has 0 spiro atoms. The number of benzene rings is 1. The first-order chi connectivity index (χ1) is 13.0. The number of anilines is 1. The zero-order chi connectivity index (χ0) is 19.0. The molecule has 0 saturated heterocycles. The molecule has 4 rings (SSSR count). The molecule has 1 aromatic heterocycles. The van der Waals surface area contributed by atoms with Crippen molar-refractivity contribution in [1.82, 2.24) is 9.99 Å². The number of fused-ring (bicyclic) bond motifs is 1. The van der Waals surface area contributed by atoms with Gasteiger partial charge in [0.05, 0.1) is 5.57 Å². The van der Waals surface area contributed by atoms with E-state index in [0.29, 0.717) is 10.2 Å². The van der Waals surface area contributed by atoms with Crippen molar-refractivity contribution in [2.75, 3.05) is 19.0 Å². The van der Waals surface area contributed by atoms with Crippen LogP contribution in [0, 0.1) is 5.41 Å². The number of hydrogen-bond acceptors (Lipinski definition) is 6. The Morgan fingerprint density at radius 3 is 2.48 bits per heavy atom. The molecule has 7 nitrogen and oxygen atoms in total. The van der Waals surface area contributed by atoms with E-state index in [1.807, 2.05) is 55.4 Å². The zero-order valence-corrected chi connectivity index (χ0v) is 15.6. The number of thioether (sulfide) groups is 1. The monoisotopic (exact) mass is 376 g/mol. The van der Waals surface area contributed by atoms with Crippen LogP contribution in [0.15, 0.2) is 64.5 Å². The van der Waals surface area contributed by atoms with Gasteiger partial charge in [0.2, 0.25) is 5.17 Å². The van der Waals surface area contributed by atoms with Gasteiger partial charge in [0, 0.05) is 37.7 Å². The lowest BCUT2D eigenvalue weighted by atomic mass is 10.1. The van der Waals surface area contributed by atoms with E-state index in [1.165, 1.54) is 16.8 Å². The molecule has 0 atom stereocenters. The number of rotatable bonds is 3. The van der Waals surface area contributed by atoms with Gasteiger partial charge >= 0.3 is 0 Å². The van der Waals surface area contributed by atoms with E-state index >= 15 is 0 Å². The molecule has 2 aliphatic rings. The summed E-state index contributed by atoms with van der Waals surface area (Å²) in [6, 6.07) is 11.4. The van der Waals surface area contributed by atoms with E-state index in [-0.39, 0.29) is 11.4 Å². The minimum Gasteiger partial charge on any atom is -0.378 e. The van der Waals surface area contributed by atoms with Crippen molar-refractivity contribution in [2.45, 2.75) is 0 Å². The number of hydrogen-bond donors (Lipinski definition) is 1. The summed E-state index contributed by atoms with van der Waals surface area (Å²) >= 11 is 1.27. The molecule has 8 heteroatoms. The molecule has 2 aliphatic heterocycles. The number of amides is 1. The number of carbonyl (C=O) groups excluding carboxylic acids is 1. The normalized spacial score (nSPS) is 17.7. The number of carbonyl (C=O) groups is 1. The maximum Gasteiger partial charge on any atom is 0.283 e. The summed E-state index contributed by atoms with van der Waals surface area (Å²) in [5.74, 6) is -0.403. The summed E-state index contributed by atoms with van der Waals surface area (Å²) in [7, 11) is 3.93. The number of aliphatic imine (C=N–C) groups is 1. The van der Waals surface area contributed by atoms with E-state index in [0.717, 1.165) is 16.8 Å². The lowest BCUT2D eigenvalue weighted by Crippen LogP contribution is -2.35. The molecule has 0 bridgehead atoms. The number of nitrogens with zero attached hydrogens (tertiary/aromatic N) is 5. The summed E-state index contributed by atoms with van der Waals surface area (Å²) in [5.41, 5.74) is 2.98. The van der Waals surface area contributed by atoms with Gasteiger partial charge in [-0.2, -0.15) is 15.1 Å². The van der Waals surface area contributed by atoms with Crippen molar-refractivity contribution in [3.63, 3.8) is 0 Å². The molecule has 27 heavy (non-hydrogen) atoms. The average molecular weight is 376 g/mol. The van der Waals surface area contributed by atoms with Crippen LogP contribution in [0.2, 0.25) is 0 Å². The Morgan fingerprint density at radius 2 is 1.81 bits per heavy atom. The van der Waals surface area contributed by atoms with Gasteiger partial charge < -0.3 is 4.90 Å². The molecular formula is C19H16N6OS. The minimum absolute atomic E-state index is 0.0262. The van der Waals surface area contributed by atoms with Crippen molar-refractivity contribution in [3.05, 3.63) is 65.5 Å². The highest BCUT2D eigenvalue weighted by molar-refractivity contribution is 8.27. The summed E-state index contributed by atoms with van der Waals surface area (Å²) in [5, 5.41) is 15.4. The summed E-state index contributed by atoms with van der Waals surface area (Å²) < 4.78 is 0. The van der Waals surface area contributed by atoms with Crippen LogP contribution in [0.25, 0.3) is 6.08 Å². The predicted octanol–water partition coefficient (Wildman–Crippen LogP) is 2.82. The Labute approximate surface area is 160 Å². The number of pyridine rings is 1. The third kappa shape index (κ3) is 3.26. The predicted molar refractivity (Wildman–Crippen MR) is 109 cm³/mol. The van der Waals surface area contributed by atoms with Crippen molar-refractivity contribution < 1.29 is 4.79 Å². The molecule has 3 heterocycles. The van der Waals surface area contributed by atoms with Crippen LogP contribution >= 0.6 is 11.8 Å². The topological polar surface area (TPSA) is 85.0 Å². The van der Waals surface area contributed by atoms with E-state index in [2.05, 4.69) is 15.1 Å². The molecule has 1 aromatic carbocycles. The third-order valence-corrected chi connectivity index (χ3v) is 5.06. The van der Waals surface area contributed by atoms with Crippen molar-refractivity contribution >= 4 is 45.5 Å². The molecule has 0 aliphatic carbocycles. The van der Waals surface area contributed by atoms with Gasteiger partial charge in [0.1, 0.15) is 5.04 Å². The second kappa shape index (κ2) is 6.81. The fraction of sp³-hybridized carbons (Fsp3) is 0.105. The third-order valence-electron chi connectivity index (χ3n) is 4.10. The lowest BCUT2D eigenvalue weighted by Gasteiger charge is -2.20. The maximum atomic E-state index is 12.5. The molecular weight excluding hydrogens is 360 g/mol. The quantitative estimate of drug-likeness (QED) is 0.833. The van der Waals surface area contributed by atoms with Gasteiger partial charge in [0.25, 0.3) is 5.91 Å². The zero-order valence-electron chi connectivity index (χ0n) is 14.7. The largest absolute Gasteiger partial charge is 0.378 e. The summed E-state index contributed by atoms with van der Waals surface area (Å²) in [6.07, 6.45) is 5.03. The van der Waals surface area contributed by atoms with Gasteiger partial charge in [-0.05, 0) is 47.7 Å². The Hall–Kier alpha value is -3.26. The van der Waals surface area contributed by atoms with Crippen molar-refractivity contribution in [1.29, 1.82) is 5.41 Å². The van der Waals surface area contributed by atoms with Gasteiger partial charge in [0.15, 0.2) is 5.84 Å². The molecule has 0 saturated carbocycles. The standard InChI is InChI=1S/C19H16N6OS/c1-24(2)14-5-3-12(4-6-14)11-15-16(20)25-19(22-17(15)26)27-18(23-25)13-7-9-21-10-8-13/h3-11,20H,1-2H3/b15-11+,20-16?. The Balaban J connectivity index is 1.65. The number of amidine groups is 2. The number of hydrazone groups is 1. The summed E-state index contributed by atoms with van der Waals surface area (Å²) in [4.78, 5) is 22.6. The van der Waals surface area contributed by atoms with Gasteiger partial charge in [-0.25, -0.2) is 0 Å². The van der Waals surface area contributed by atoms with E-state index in [1.54, 1.807) is 18.5 Å². The van der Waals surface area contributed by atoms with Crippen LogP contribution in [0.1, 0.15) is 11.1 Å². The van der Waals surface area contributed by atoms with E-state index in [9.17, 15) is 4.79 Å². The fourth-order valence-corrected chi connectivity index (χ4v) is 3.54. The molecule has 1 amide bonds. The second-order valence-corrected chi connectivity index (χ2v) is 7.10. The van der Waals surface area contributed by atoms with Gasteiger partial charge in [-0.15, -0.1) is 0 Å². The highest BCUT2D eigenvalue weighted by Gasteiger charge is 2.35. The van der Waals surface area contributed by atoms with Crippen LogP contribution in [0.4, 0.5) is 5.69 Å². The highest BCUT2D eigenvalue weighted by atomic mass is 32.2. The first kappa shape index (κ1) is 17.2. The average Bonchev–Trinajstić information content (AvgIpc) is 3.10. The maximum absolute atomic E-state index is 12.5. The Kier molecular flexibility index (Phi) is 4.33. The summed E-state index contributed by atoms with van der Waals surface area (Å²) in [6.45, 7) is 0. The van der Waals surface area contributed by atoms with E-state index in [4.69, 9.17) is 5.41 Å². The molecule has 0 unspecified atom stereocenters. The number of aromatic nitrogens is 1. The lowest BCUT2D eigenvalue weighted by molar-refractivity contribution is -0.114. The molecule has 2 aromatic rings. The van der Waals surface area contributed by atoms with Gasteiger partial charge in [-0.3, -0.25) is 15.2 Å². The van der Waals surface area contributed by atoms with Crippen molar-refractivity contribution in [2.24, 2.45) is 10.1 Å². The molecule has 0 fully saturated rings. The first-order valence-corrected chi connectivity index (χ1v) is 9.02. The van der Waals surface area contributed by atoms with Crippen LogP contribution in [-0.4, -0.2) is 46.0 Å². The minimum atomic E-state index is -0.429. The first-order valence-electron chi connectivity index (χ1n) is 8.21. The fourth-order valence-electron chi connectivity index (χ4n) is 2.64. The van der Waals surface area contributed by atoms with Crippen LogP contribution < -0.4 is 4.90 Å². The highest BCUT2D eigenvalue weighted by Crippen LogP contribution is 2.30. The molecule has 1 N–H and O–H groups in total. The van der Waals surface area contributed by atoms with Crippen LogP contribution in [0.5, 0.6) is 0 Å². The Bertz CT molecular complexity index is 1010. The Morgan fingerprint density at radius 1 is 1.11 bits per heavy atom. The SMILES string of the molecule is CN(C)c1ccc(/C=C2\C(=N)N3N=C(c4ccncc4)SC3=NC2=O)cc1. The number of nitrogens with one attached hydrogen (secondary N) is 1. The van der Waals surface area contributed by atoms with Gasteiger partial charge in [-0.1, -0.05) is 12.1 Å². The molecule has 0 radical (unpaired) electrons. The van der Waals surface area contributed by atoms with E-state index < -0.39 is 5.91 Å². The van der Waals surface area contributed by atoms with Crippen molar-refractivity contribution in [3.8, 4) is 0 Å². The molecule has 134 valence electrons. The smallest absolute Gasteiger partial charge is 0.283 e. The van der Waals surface area contributed by atoms with Crippen LogP contribution in [0.3, 0.4) is 0 Å². The second-order valence-electron chi connectivity index (χ2n) is 6.15.